The summed E-state index contributed by atoms with van der Waals surface area (Å²) >= 11 is 0. The number of aliphatic hydroxyl groups is 1. The molecule has 0 fully saturated rings. The zero-order valence-corrected chi connectivity index (χ0v) is 9.90. The van der Waals surface area contributed by atoms with Crippen LogP contribution in [0.2, 0.25) is 0 Å². The zero-order chi connectivity index (χ0) is 11.3. The summed E-state index contributed by atoms with van der Waals surface area (Å²) in [5, 5.41) is 8.94. The highest BCUT2D eigenvalue weighted by Gasteiger charge is 2.05. The van der Waals surface area contributed by atoms with Crippen molar-refractivity contribution in [2.75, 3.05) is 18.5 Å². The van der Waals surface area contributed by atoms with E-state index in [-0.39, 0.29) is 6.61 Å². The van der Waals surface area contributed by atoms with Gasteiger partial charge in [0.1, 0.15) is 0 Å². The fraction of sp³-hybridized carbons (Fsp3) is 0.538. The minimum absolute atomic E-state index is 0.120. The molecule has 1 N–H and O–H groups in total. The van der Waals surface area contributed by atoms with Crippen LogP contribution < -0.4 is 4.90 Å². The van der Waals surface area contributed by atoms with E-state index < -0.39 is 0 Å². The fourth-order valence-electron chi connectivity index (χ4n) is 1.56. The summed E-state index contributed by atoms with van der Waals surface area (Å²) in [6.07, 6.45) is 1.21. The van der Waals surface area contributed by atoms with Gasteiger partial charge in [-0.3, -0.25) is 0 Å². The first-order chi connectivity index (χ1) is 7.17. The van der Waals surface area contributed by atoms with Crippen LogP contribution in [0.25, 0.3) is 0 Å². The highest BCUT2D eigenvalue weighted by Crippen LogP contribution is 2.16. The maximum atomic E-state index is 8.94. The van der Waals surface area contributed by atoms with E-state index in [0.29, 0.717) is 5.92 Å². The number of benzene rings is 1. The number of aliphatic hydroxyl groups excluding tert-OH is 1. The summed E-state index contributed by atoms with van der Waals surface area (Å²) in [7, 11) is 2.11. The largest absolute Gasteiger partial charge is 0.392 e. The molecule has 0 aliphatic rings. The topological polar surface area (TPSA) is 23.5 Å². The molecular formula is C13H21NO. The van der Waals surface area contributed by atoms with E-state index in [1.54, 1.807) is 0 Å². The van der Waals surface area contributed by atoms with Crippen LogP contribution >= 0.6 is 0 Å². The minimum Gasteiger partial charge on any atom is -0.392 e. The predicted molar refractivity (Wildman–Crippen MR) is 65.1 cm³/mol. The van der Waals surface area contributed by atoms with Gasteiger partial charge in [0.15, 0.2) is 0 Å². The highest BCUT2D eigenvalue weighted by atomic mass is 16.3. The number of nitrogens with zero attached hydrogens (tertiary/aromatic N) is 1. The quantitative estimate of drug-likeness (QED) is 0.802. The normalized spacial score (nSPS) is 12.5. The van der Waals surface area contributed by atoms with Crippen molar-refractivity contribution in [3.8, 4) is 0 Å². The molecule has 0 saturated carbocycles. The lowest BCUT2D eigenvalue weighted by Crippen LogP contribution is -2.23. The maximum Gasteiger partial charge on any atom is 0.0681 e. The molecule has 1 aromatic carbocycles. The summed E-state index contributed by atoms with van der Waals surface area (Å²) in [5.74, 6) is 0.715. The van der Waals surface area contributed by atoms with Crippen LogP contribution in [0.3, 0.4) is 0 Å². The van der Waals surface area contributed by atoms with E-state index in [0.717, 1.165) is 12.1 Å². The molecule has 84 valence electrons. The van der Waals surface area contributed by atoms with Crippen LogP contribution in [0, 0.1) is 5.92 Å². The summed E-state index contributed by atoms with van der Waals surface area (Å²) in [5.41, 5.74) is 2.18. The Morgan fingerprint density at radius 2 is 1.87 bits per heavy atom. The maximum absolute atomic E-state index is 8.94. The molecule has 1 unspecified atom stereocenters. The Morgan fingerprint density at radius 1 is 1.27 bits per heavy atom. The molecule has 0 bridgehead atoms. The molecule has 1 rings (SSSR count). The van der Waals surface area contributed by atoms with Gasteiger partial charge in [-0.25, -0.2) is 0 Å². The Balaban J connectivity index is 2.61. The summed E-state index contributed by atoms with van der Waals surface area (Å²) in [6.45, 7) is 5.68. The third-order valence-electron chi connectivity index (χ3n) is 2.84. The molecule has 2 nitrogen and oxygen atoms in total. The van der Waals surface area contributed by atoms with Crippen molar-refractivity contribution < 1.29 is 5.11 Å². The summed E-state index contributed by atoms with van der Waals surface area (Å²) < 4.78 is 0. The van der Waals surface area contributed by atoms with Crippen molar-refractivity contribution in [3.05, 3.63) is 29.8 Å². The molecule has 0 saturated heterocycles. The van der Waals surface area contributed by atoms with Crippen LogP contribution in [0.4, 0.5) is 5.69 Å². The van der Waals surface area contributed by atoms with Crippen molar-refractivity contribution >= 4 is 5.69 Å². The van der Waals surface area contributed by atoms with Gasteiger partial charge in [0.05, 0.1) is 6.61 Å². The molecule has 0 aromatic heterocycles. The third-order valence-corrected chi connectivity index (χ3v) is 2.84. The molecule has 0 aliphatic carbocycles. The Bertz CT molecular complexity index is 281. The Morgan fingerprint density at radius 3 is 2.33 bits per heavy atom. The van der Waals surface area contributed by atoms with Crippen LogP contribution in [-0.4, -0.2) is 18.7 Å². The second-order valence-corrected chi connectivity index (χ2v) is 4.22. The molecule has 15 heavy (non-hydrogen) atoms. The summed E-state index contributed by atoms with van der Waals surface area (Å²) in [4.78, 5) is 2.26. The van der Waals surface area contributed by atoms with E-state index >= 15 is 0 Å². The van der Waals surface area contributed by atoms with E-state index in [1.807, 2.05) is 12.1 Å². The number of rotatable bonds is 5. The Labute approximate surface area is 92.5 Å². The minimum atomic E-state index is 0.120. The Hall–Kier alpha value is -1.02. The van der Waals surface area contributed by atoms with E-state index in [2.05, 4.69) is 37.9 Å². The Kier molecular flexibility index (Phi) is 4.63. The smallest absolute Gasteiger partial charge is 0.0681 e. The number of hydrogen-bond donors (Lipinski definition) is 1. The van der Waals surface area contributed by atoms with Gasteiger partial charge >= 0.3 is 0 Å². The molecule has 2 heteroatoms. The fourth-order valence-corrected chi connectivity index (χ4v) is 1.56. The van der Waals surface area contributed by atoms with Crippen LogP contribution in [-0.2, 0) is 6.61 Å². The van der Waals surface area contributed by atoms with Crippen LogP contribution in [0.15, 0.2) is 24.3 Å². The van der Waals surface area contributed by atoms with Gasteiger partial charge in [0.2, 0.25) is 0 Å². The third kappa shape index (κ3) is 3.56. The average Bonchev–Trinajstić information content (AvgIpc) is 2.29. The SMILES string of the molecule is CCC(C)CN(C)c1ccc(CO)cc1. The van der Waals surface area contributed by atoms with Gasteiger partial charge in [-0.1, -0.05) is 32.4 Å². The molecular weight excluding hydrogens is 186 g/mol. The van der Waals surface area contributed by atoms with Crippen molar-refractivity contribution in [2.45, 2.75) is 26.9 Å². The standard InChI is InChI=1S/C13H21NO/c1-4-11(2)9-14(3)13-7-5-12(10-15)6-8-13/h5-8,11,15H,4,9-10H2,1-3H3. The summed E-state index contributed by atoms with van der Waals surface area (Å²) in [6, 6.07) is 8.08. The van der Waals surface area contributed by atoms with E-state index in [1.165, 1.54) is 12.1 Å². The van der Waals surface area contributed by atoms with Crippen LogP contribution in [0.1, 0.15) is 25.8 Å². The second kappa shape index (κ2) is 5.76. The lowest BCUT2D eigenvalue weighted by Gasteiger charge is -2.22. The number of hydrogen-bond acceptors (Lipinski definition) is 2. The van der Waals surface area contributed by atoms with Crippen molar-refractivity contribution in [1.29, 1.82) is 0 Å². The molecule has 0 heterocycles. The van der Waals surface area contributed by atoms with Crippen molar-refractivity contribution in [3.63, 3.8) is 0 Å². The van der Waals surface area contributed by atoms with Gasteiger partial charge in [-0.2, -0.15) is 0 Å². The molecule has 0 aliphatic heterocycles. The predicted octanol–water partition coefficient (Wildman–Crippen LogP) is 2.66. The van der Waals surface area contributed by atoms with E-state index in [4.69, 9.17) is 5.11 Å². The van der Waals surface area contributed by atoms with Gasteiger partial charge in [-0.15, -0.1) is 0 Å². The molecule has 0 radical (unpaired) electrons. The molecule has 1 atom stereocenters. The first kappa shape index (κ1) is 12.1. The zero-order valence-electron chi connectivity index (χ0n) is 9.90. The van der Waals surface area contributed by atoms with Crippen molar-refractivity contribution in [2.24, 2.45) is 5.92 Å². The van der Waals surface area contributed by atoms with Gasteiger partial charge in [0.25, 0.3) is 0 Å². The van der Waals surface area contributed by atoms with Crippen molar-refractivity contribution in [1.82, 2.24) is 0 Å². The average molecular weight is 207 g/mol. The van der Waals surface area contributed by atoms with Crippen LogP contribution in [0.5, 0.6) is 0 Å². The lowest BCUT2D eigenvalue weighted by atomic mass is 10.1. The van der Waals surface area contributed by atoms with E-state index in [9.17, 15) is 0 Å². The van der Waals surface area contributed by atoms with Gasteiger partial charge in [0, 0.05) is 19.3 Å². The van der Waals surface area contributed by atoms with Gasteiger partial charge < -0.3 is 10.0 Å². The second-order valence-electron chi connectivity index (χ2n) is 4.22. The monoisotopic (exact) mass is 207 g/mol. The first-order valence-electron chi connectivity index (χ1n) is 5.58. The lowest BCUT2D eigenvalue weighted by molar-refractivity contribution is 0.282. The van der Waals surface area contributed by atoms with Gasteiger partial charge in [-0.05, 0) is 23.6 Å². The molecule has 0 spiro atoms. The molecule has 1 aromatic rings. The highest BCUT2D eigenvalue weighted by molar-refractivity contribution is 5.46. The first-order valence-corrected chi connectivity index (χ1v) is 5.58. The molecule has 0 amide bonds. The number of anilines is 1.